The highest BCUT2D eigenvalue weighted by molar-refractivity contribution is 5.30. The van der Waals surface area contributed by atoms with E-state index >= 15 is 0 Å². The maximum atomic E-state index is 11.3. The number of rotatable bonds is 3. The monoisotopic (exact) mass is 232 g/mol. The highest BCUT2D eigenvalue weighted by atomic mass is 16.1. The largest absolute Gasteiger partial charge is 0.396 e. The van der Waals surface area contributed by atoms with Gasteiger partial charge in [-0.1, -0.05) is 0 Å². The van der Waals surface area contributed by atoms with Gasteiger partial charge in [0, 0.05) is 36.3 Å². The van der Waals surface area contributed by atoms with Gasteiger partial charge in [-0.2, -0.15) is 5.10 Å². The van der Waals surface area contributed by atoms with Crippen molar-refractivity contribution < 1.29 is 0 Å². The van der Waals surface area contributed by atoms with Crippen molar-refractivity contribution in [2.75, 3.05) is 5.73 Å². The van der Waals surface area contributed by atoms with Gasteiger partial charge >= 0.3 is 0 Å². The summed E-state index contributed by atoms with van der Waals surface area (Å²) in [6.45, 7) is 5.39. The van der Waals surface area contributed by atoms with Gasteiger partial charge in [0.25, 0.3) is 0 Å². The average molecular weight is 232 g/mol. The summed E-state index contributed by atoms with van der Waals surface area (Å²) in [7, 11) is 0. The second-order valence-electron chi connectivity index (χ2n) is 4.16. The normalized spacial score (nSPS) is 10.7. The maximum absolute atomic E-state index is 11.3. The van der Waals surface area contributed by atoms with Crippen LogP contribution in [0.2, 0.25) is 0 Å². The summed E-state index contributed by atoms with van der Waals surface area (Å²) in [6, 6.07) is 3.29. The molecule has 0 saturated carbocycles. The van der Waals surface area contributed by atoms with Gasteiger partial charge in [0.1, 0.15) is 0 Å². The molecule has 0 fully saturated rings. The number of nitrogens with two attached hydrogens (primary N) is 1. The first kappa shape index (κ1) is 11.4. The van der Waals surface area contributed by atoms with E-state index < -0.39 is 0 Å². The zero-order valence-electron chi connectivity index (χ0n) is 10.1. The molecule has 5 heteroatoms. The Bertz CT molecular complexity index is 556. The molecule has 0 radical (unpaired) electrons. The molecule has 0 aliphatic carbocycles. The van der Waals surface area contributed by atoms with Gasteiger partial charge in [-0.15, -0.1) is 0 Å². The van der Waals surface area contributed by atoms with Crippen molar-refractivity contribution in [3.8, 4) is 0 Å². The molecular formula is C12H16N4O. The molecule has 0 aromatic carbocycles. The van der Waals surface area contributed by atoms with Gasteiger partial charge in [0.2, 0.25) is 0 Å². The van der Waals surface area contributed by atoms with E-state index in [1.807, 2.05) is 13.8 Å². The zero-order valence-corrected chi connectivity index (χ0v) is 10.1. The van der Waals surface area contributed by atoms with E-state index in [1.54, 1.807) is 29.2 Å². The molecule has 0 unspecified atom stereocenters. The lowest BCUT2D eigenvalue weighted by molar-refractivity contribution is 0.517. The molecule has 0 bridgehead atoms. The number of pyridine rings is 1. The summed E-state index contributed by atoms with van der Waals surface area (Å²) in [5, 5.41) is 4.12. The molecule has 17 heavy (non-hydrogen) atoms. The van der Waals surface area contributed by atoms with Crippen molar-refractivity contribution in [2.45, 2.75) is 26.9 Å². The third kappa shape index (κ3) is 2.55. The van der Waals surface area contributed by atoms with Crippen LogP contribution in [0.3, 0.4) is 0 Å². The van der Waals surface area contributed by atoms with E-state index in [-0.39, 0.29) is 5.43 Å². The fourth-order valence-electron chi connectivity index (χ4n) is 1.94. The van der Waals surface area contributed by atoms with Crippen molar-refractivity contribution >= 4 is 5.69 Å². The van der Waals surface area contributed by atoms with Crippen molar-refractivity contribution in [3.05, 3.63) is 46.1 Å². The number of hydrogen-bond donors (Lipinski definition) is 1. The van der Waals surface area contributed by atoms with Crippen LogP contribution in [0, 0.1) is 13.8 Å². The van der Waals surface area contributed by atoms with Crippen LogP contribution < -0.4 is 11.2 Å². The number of nitrogen functional groups attached to an aromatic ring is 1. The summed E-state index contributed by atoms with van der Waals surface area (Å²) in [4.78, 5) is 11.3. The second-order valence-corrected chi connectivity index (χ2v) is 4.16. The molecule has 0 amide bonds. The Morgan fingerprint density at radius 1 is 1.24 bits per heavy atom. The smallest absolute Gasteiger partial charge is 0.182 e. The van der Waals surface area contributed by atoms with Crippen LogP contribution in [0.15, 0.2) is 29.3 Å². The predicted octanol–water partition coefficient (Wildman–Crippen LogP) is 0.944. The fraction of sp³-hybridized carbons (Fsp3) is 0.333. The highest BCUT2D eigenvalue weighted by Gasteiger charge is 2.02. The van der Waals surface area contributed by atoms with E-state index in [4.69, 9.17) is 5.73 Å². The van der Waals surface area contributed by atoms with E-state index in [1.165, 1.54) is 0 Å². The Hall–Kier alpha value is -2.04. The topological polar surface area (TPSA) is 65.8 Å². The standard InChI is InChI=1S/C12H16N4O/c1-9-5-12(17)6-10(2)16(9)4-3-15-8-11(13)7-14-15/h5-8H,3-4,13H2,1-2H3. The fourth-order valence-corrected chi connectivity index (χ4v) is 1.94. The molecule has 0 aliphatic heterocycles. The Labute approximate surface area is 99.5 Å². The minimum Gasteiger partial charge on any atom is -0.396 e. The Balaban J connectivity index is 2.17. The lowest BCUT2D eigenvalue weighted by atomic mass is 10.3. The number of hydrogen-bond acceptors (Lipinski definition) is 3. The quantitative estimate of drug-likeness (QED) is 0.856. The molecule has 2 aromatic heterocycles. The van der Waals surface area contributed by atoms with Crippen LogP contribution in [0.1, 0.15) is 11.4 Å². The average Bonchev–Trinajstić information content (AvgIpc) is 2.62. The van der Waals surface area contributed by atoms with Gasteiger partial charge in [-0.25, -0.2) is 0 Å². The molecule has 2 rings (SSSR count). The van der Waals surface area contributed by atoms with Crippen LogP contribution in [-0.4, -0.2) is 14.3 Å². The van der Waals surface area contributed by atoms with Gasteiger partial charge in [-0.3, -0.25) is 9.48 Å². The summed E-state index contributed by atoms with van der Waals surface area (Å²) >= 11 is 0. The van der Waals surface area contributed by atoms with Crippen LogP contribution in [-0.2, 0) is 13.1 Å². The van der Waals surface area contributed by atoms with Crippen molar-refractivity contribution in [1.29, 1.82) is 0 Å². The van der Waals surface area contributed by atoms with E-state index in [0.717, 1.165) is 24.5 Å². The Morgan fingerprint density at radius 3 is 2.41 bits per heavy atom. The van der Waals surface area contributed by atoms with Crippen molar-refractivity contribution in [3.63, 3.8) is 0 Å². The van der Waals surface area contributed by atoms with Crippen LogP contribution in [0.4, 0.5) is 5.69 Å². The van der Waals surface area contributed by atoms with Crippen LogP contribution >= 0.6 is 0 Å². The molecular weight excluding hydrogens is 216 g/mol. The number of aryl methyl sites for hydroxylation is 3. The molecule has 0 saturated heterocycles. The van der Waals surface area contributed by atoms with E-state index in [0.29, 0.717) is 5.69 Å². The maximum Gasteiger partial charge on any atom is 0.182 e. The van der Waals surface area contributed by atoms with Crippen LogP contribution in [0.25, 0.3) is 0 Å². The summed E-state index contributed by atoms with van der Waals surface area (Å²) in [5.74, 6) is 0. The third-order valence-corrected chi connectivity index (χ3v) is 2.76. The van der Waals surface area contributed by atoms with Gasteiger partial charge in [0.15, 0.2) is 5.43 Å². The Kier molecular flexibility index (Phi) is 2.99. The van der Waals surface area contributed by atoms with Gasteiger partial charge in [0.05, 0.1) is 18.4 Å². The first-order valence-corrected chi connectivity index (χ1v) is 5.52. The van der Waals surface area contributed by atoms with Crippen molar-refractivity contribution in [1.82, 2.24) is 14.3 Å². The van der Waals surface area contributed by atoms with Crippen LogP contribution in [0.5, 0.6) is 0 Å². The first-order chi connectivity index (χ1) is 8.06. The number of anilines is 1. The summed E-state index contributed by atoms with van der Waals surface area (Å²) in [5.41, 5.74) is 8.25. The molecule has 0 aliphatic rings. The van der Waals surface area contributed by atoms with Crippen molar-refractivity contribution in [2.24, 2.45) is 0 Å². The zero-order chi connectivity index (χ0) is 12.4. The van der Waals surface area contributed by atoms with Gasteiger partial charge in [-0.05, 0) is 13.8 Å². The minimum atomic E-state index is 0.0552. The van der Waals surface area contributed by atoms with E-state index in [9.17, 15) is 4.79 Å². The Morgan fingerprint density at radius 2 is 1.88 bits per heavy atom. The third-order valence-electron chi connectivity index (χ3n) is 2.76. The first-order valence-electron chi connectivity index (χ1n) is 5.52. The summed E-state index contributed by atoms with van der Waals surface area (Å²) in [6.07, 6.45) is 3.43. The second kappa shape index (κ2) is 4.45. The molecule has 0 spiro atoms. The predicted molar refractivity (Wildman–Crippen MR) is 66.8 cm³/mol. The lowest BCUT2D eigenvalue weighted by Gasteiger charge is -2.13. The molecule has 0 atom stereocenters. The van der Waals surface area contributed by atoms with Gasteiger partial charge < -0.3 is 10.3 Å². The molecule has 90 valence electrons. The number of nitrogens with zero attached hydrogens (tertiary/aromatic N) is 3. The SMILES string of the molecule is Cc1cc(=O)cc(C)n1CCn1cc(N)cn1. The minimum absolute atomic E-state index is 0.0552. The number of aromatic nitrogens is 3. The lowest BCUT2D eigenvalue weighted by Crippen LogP contribution is -2.16. The molecule has 5 nitrogen and oxygen atoms in total. The molecule has 2 N–H and O–H groups in total. The highest BCUT2D eigenvalue weighted by Crippen LogP contribution is 2.03. The summed E-state index contributed by atoms with van der Waals surface area (Å²) < 4.78 is 3.89. The molecule has 2 heterocycles. The van der Waals surface area contributed by atoms with E-state index in [2.05, 4.69) is 9.67 Å². The molecule has 2 aromatic rings.